The van der Waals surface area contributed by atoms with Gasteiger partial charge in [0.1, 0.15) is 5.62 Å². The molecule has 9 heavy (non-hydrogen) atoms. The average molecular weight is 175 g/mol. The minimum absolute atomic E-state index is 0.375. The molecule has 1 atom stereocenters. The van der Waals surface area contributed by atoms with E-state index in [0.29, 0.717) is 0 Å². The fraction of sp³-hybridized carbons (Fsp3) is 1.00. The second-order valence-corrected chi connectivity index (χ2v) is 4.21. The number of hydrogen-bond donors (Lipinski definition) is 0. The van der Waals surface area contributed by atoms with Crippen molar-refractivity contribution >= 4 is 19.3 Å². The molecule has 0 amide bonds. The third-order valence-corrected chi connectivity index (χ3v) is 2.39. The summed E-state index contributed by atoms with van der Waals surface area (Å²) in [7, 11) is -3.96. The highest BCUT2D eigenvalue weighted by Gasteiger charge is 2.21. The van der Waals surface area contributed by atoms with Crippen molar-refractivity contribution in [1.82, 2.24) is 0 Å². The Morgan fingerprint density at radius 2 is 2.22 bits per heavy atom. The summed E-state index contributed by atoms with van der Waals surface area (Å²) in [6.45, 7) is 3.19. The molecule has 0 spiro atoms. The summed E-state index contributed by atoms with van der Waals surface area (Å²) in [6, 6.07) is 0. The molecule has 0 N–H and O–H groups in total. The third kappa shape index (κ3) is 4.89. The molecule has 0 saturated carbocycles. The van der Waals surface area contributed by atoms with Crippen molar-refractivity contribution in [1.29, 1.82) is 0 Å². The first-order valence-corrected chi connectivity index (χ1v) is 4.74. The van der Waals surface area contributed by atoms with E-state index in [2.05, 4.69) is 4.52 Å². The van der Waals surface area contributed by atoms with Crippen molar-refractivity contribution in [3.8, 4) is 0 Å². The standard InChI is InChI=1S/C4H9ClFO2P/c1-4(2)8-9(6,7)3-5/h4H,3H2,1-2H3. The molecule has 1 unspecified atom stereocenters. The largest absolute Gasteiger partial charge is 0.382 e. The van der Waals surface area contributed by atoms with Crippen LogP contribution in [0.25, 0.3) is 0 Å². The van der Waals surface area contributed by atoms with Gasteiger partial charge in [0.05, 0.1) is 6.10 Å². The lowest BCUT2D eigenvalue weighted by Gasteiger charge is -2.08. The predicted octanol–water partition coefficient (Wildman–Crippen LogP) is 2.77. The van der Waals surface area contributed by atoms with Gasteiger partial charge in [-0.2, -0.15) is 4.20 Å². The SMILES string of the molecule is CC(C)OP(=O)(F)CCl. The minimum atomic E-state index is -3.96. The second-order valence-electron chi connectivity index (χ2n) is 1.86. The summed E-state index contributed by atoms with van der Waals surface area (Å²) < 4.78 is 27.0. The lowest BCUT2D eigenvalue weighted by molar-refractivity contribution is 0.226. The normalized spacial score (nSPS) is 17.9. The topological polar surface area (TPSA) is 26.3 Å². The van der Waals surface area contributed by atoms with E-state index in [0.717, 1.165) is 0 Å². The van der Waals surface area contributed by atoms with Crippen molar-refractivity contribution in [2.75, 3.05) is 5.62 Å². The quantitative estimate of drug-likeness (QED) is 0.486. The first-order valence-electron chi connectivity index (χ1n) is 2.51. The molecule has 0 aromatic heterocycles. The average Bonchev–Trinajstić information content (AvgIpc) is 1.63. The van der Waals surface area contributed by atoms with Gasteiger partial charge < -0.3 is 4.52 Å². The van der Waals surface area contributed by atoms with E-state index in [1.54, 1.807) is 13.8 Å². The van der Waals surface area contributed by atoms with Crippen LogP contribution >= 0.6 is 19.3 Å². The van der Waals surface area contributed by atoms with E-state index in [-0.39, 0.29) is 6.10 Å². The van der Waals surface area contributed by atoms with E-state index < -0.39 is 13.3 Å². The van der Waals surface area contributed by atoms with Crippen molar-refractivity contribution < 1.29 is 13.3 Å². The molecule has 0 bridgehead atoms. The third-order valence-electron chi connectivity index (χ3n) is 0.511. The van der Waals surface area contributed by atoms with Crippen LogP contribution in [0.2, 0.25) is 0 Å². The minimum Gasteiger partial charge on any atom is -0.302 e. The fourth-order valence-electron chi connectivity index (χ4n) is 0.343. The van der Waals surface area contributed by atoms with Crippen molar-refractivity contribution in [3.63, 3.8) is 0 Å². The molecule has 0 aromatic carbocycles. The molecule has 0 rings (SSSR count). The molecule has 0 aliphatic heterocycles. The van der Waals surface area contributed by atoms with Crippen LogP contribution < -0.4 is 0 Å². The summed E-state index contributed by atoms with van der Waals surface area (Å²) in [5.41, 5.74) is -0.564. The van der Waals surface area contributed by atoms with Gasteiger partial charge in [0, 0.05) is 0 Å². The van der Waals surface area contributed by atoms with Gasteiger partial charge in [0.25, 0.3) is 0 Å². The maximum Gasteiger partial charge on any atom is 0.382 e. The number of hydrogen-bond acceptors (Lipinski definition) is 2. The van der Waals surface area contributed by atoms with E-state index in [1.165, 1.54) is 0 Å². The summed E-state index contributed by atoms with van der Waals surface area (Å²) >= 11 is 4.97. The predicted molar refractivity (Wildman–Crippen MR) is 35.7 cm³/mol. The highest BCUT2D eigenvalue weighted by Crippen LogP contribution is 2.50. The Labute approximate surface area is 58.9 Å². The van der Waals surface area contributed by atoms with Crippen LogP contribution in [0.3, 0.4) is 0 Å². The second kappa shape index (κ2) is 3.55. The van der Waals surface area contributed by atoms with Gasteiger partial charge in [-0.05, 0) is 13.8 Å². The molecule has 0 aliphatic rings. The van der Waals surface area contributed by atoms with Gasteiger partial charge in [-0.25, -0.2) is 0 Å². The van der Waals surface area contributed by atoms with Gasteiger partial charge >= 0.3 is 7.68 Å². The molecule has 0 aromatic rings. The molecule has 0 fully saturated rings. The smallest absolute Gasteiger partial charge is 0.302 e. The maximum atomic E-state index is 12.3. The summed E-state index contributed by atoms with van der Waals surface area (Å²) in [5, 5.41) is 0. The number of halogens is 2. The van der Waals surface area contributed by atoms with Gasteiger partial charge in [0.15, 0.2) is 0 Å². The Hall–Kier alpha value is 0.410. The first kappa shape index (κ1) is 9.41. The maximum absolute atomic E-state index is 12.3. The Balaban J connectivity index is 3.73. The summed E-state index contributed by atoms with van der Waals surface area (Å²) in [5.74, 6) is 0. The van der Waals surface area contributed by atoms with Gasteiger partial charge in [-0.3, -0.25) is 4.57 Å². The Bertz CT molecular complexity index is 128. The zero-order valence-electron chi connectivity index (χ0n) is 5.30. The van der Waals surface area contributed by atoms with E-state index in [1.807, 2.05) is 0 Å². The van der Waals surface area contributed by atoms with Crippen molar-refractivity contribution in [3.05, 3.63) is 0 Å². The van der Waals surface area contributed by atoms with Crippen LogP contribution in [0.15, 0.2) is 0 Å². The molecule has 0 heterocycles. The van der Waals surface area contributed by atoms with Gasteiger partial charge in [-0.1, -0.05) is 0 Å². The molecule has 5 heteroatoms. The monoisotopic (exact) mass is 174 g/mol. The molecule has 0 saturated heterocycles. The first-order chi connectivity index (χ1) is 3.98. The lowest BCUT2D eigenvalue weighted by atomic mass is 10.5. The Morgan fingerprint density at radius 1 is 1.78 bits per heavy atom. The van der Waals surface area contributed by atoms with Crippen LogP contribution in [-0.4, -0.2) is 11.7 Å². The molecule has 56 valence electrons. The zero-order chi connectivity index (χ0) is 7.49. The van der Waals surface area contributed by atoms with Gasteiger partial charge in [-0.15, -0.1) is 11.6 Å². The van der Waals surface area contributed by atoms with Crippen LogP contribution in [-0.2, 0) is 9.09 Å². The lowest BCUT2D eigenvalue weighted by Crippen LogP contribution is -1.97. The highest BCUT2D eigenvalue weighted by atomic mass is 35.5. The van der Waals surface area contributed by atoms with E-state index in [9.17, 15) is 8.76 Å². The molecule has 0 aliphatic carbocycles. The van der Waals surface area contributed by atoms with E-state index >= 15 is 0 Å². The van der Waals surface area contributed by atoms with Crippen LogP contribution in [0.4, 0.5) is 4.20 Å². The van der Waals surface area contributed by atoms with Crippen molar-refractivity contribution in [2.24, 2.45) is 0 Å². The van der Waals surface area contributed by atoms with Crippen LogP contribution in [0.1, 0.15) is 13.8 Å². The van der Waals surface area contributed by atoms with Crippen molar-refractivity contribution in [2.45, 2.75) is 20.0 Å². The molecule has 0 radical (unpaired) electrons. The molecule has 2 nitrogen and oxygen atoms in total. The number of rotatable bonds is 3. The highest BCUT2D eigenvalue weighted by molar-refractivity contribution is 7.55. The van der Waals surface area contributed by atoms with Crippen LogP contribution in [0, 0.1) is 0 Å². The van der Waals surface area contributed by atoms with Gasteiger partial charge in [0.2, 0.25) is 0 Å². The Kier molecular flexibility index (Phi) is 3.71. The van der Waals surface area contributed by atoms with E-state index in [4.69, 9.17) is 11.6 Å². The summed E-state index contributed by atoms with van der Waals surface area (Å²) in [4.78, 5) is 0. The molecular weight excluding hydrogens is 165 g/mol. The Morgan fingerprint density at radius 3 is 2.33 bits per heavy atom. The zero-order valence-corrected chi connectivity index (χ0v) is 6.95. The van der Waals surface area contributed by atoms with Crippen LogP contribution in [0.5, 0.6) is 0 Å². The molecular formula is C4H9ClFO2P. The number of alkyl halides is 1. The summed E-state index contributed by atoms with van der Waals surface area (Å²) in [6.07, 6.45) is -0.375. The fourth-order valence-corrected chi connectivity index (χ4v) is 1.20.